The van der Waals surface area contributed by atoms with Crippen LogP contribution >= 0.6 is 0 Å². The molecule has 1 saturated heterocycles. The van der Waals surface area contributed by atoms with E-state index in [1.54, 1.807) is 7.11 Å². The first-order valence-corrected chi connectivity index (χ1v) is 9.79. The number of hydrogen-bond donors (Lipinski definition) is 1. The van der Waals surface area contributed by atoms with Gasteiger partial charge in [-0.05, 0) is 37.1 Å². The highest BCUT2D eigenvalue weighted by Crippen LogP contribution is 2.31. The molecule has 6 nitrogen and oxygen atoms in total. The van der Waals surface area contributed by atoms with E-state index < -0.39 is 0 Å². The number of ether oxygens (including phenoxy) is 1. The van der Waals surface area contributed by atoms with Crippen molar-refractivity contribution in [1.82, 2.24) is 19.8 Å². The van der Waals surface area contributed by atoms with E-state index >= 15 is 0 Å². The maximum Gasteiger partial charge on any atom is 0.255 e. The molecule has 2 bridgehead atoms. The van der Waals surface area contributed by atoms with E-state index in [-0.39, 0.29) is 5.56 Å². The summed E-state index contributed by atoms with van der Waals surface area (Å²) < 4.78 is 7.30. The number of fused-ring (bicyclic) bond motifs is 4. The third-order valence-corrected chi connectivity index (χ3v) is 5.70. The minimum absolute atomic E-state index is 0.174. The van der Waals surface area contributed by atoms with E-state index in [0.717, 1.165) is 37.4 Å². The van der Waals surface area contributed by atoms with Crippen LogP contribution in [0.15, 0.2) is 41.3 Å². The lowest BCUT2D eigenvalue weighted by Gasteiger charge is -2.37. The van der Waals surface area contributed by atoms with Gasteiger partial charge in [0.15, 0.2) is 0 Å². The first-order chi connectivity index (χ1) is 13.2. The normalized spacial score (nSPS) is 21.3. The molecule has 0 aliphatic carbocycles. The number of aromatic nitrogens is 2. The molecule has 4 heterocycles. The minimum atomic E-state index is 0.174. The molecule has 1 N–H and O–H groups in total. The molecule has 2 atom stereocenters. The second kappa shape index (κ2) is 8.33. The highest BCUT2D eigenvalue weighted by atomic mass is 16.5. The maximum atomic E-state index is 13.2. The van der Waals surface area contributed by atoms with E-state index in [4.69, 9.17) is 4.74 Å². The highest BCUT2D eigenvalue weighted by molar-refractivity contribution is 5.22. The fourth-order valence-corrected chi connectivity index (χ4v) is 4.35. The Labute approximate surface area is 160 Å². The predicted octanol–water partition coefficient (Wildman–Crippen LogP) is 1.60. The van der Waals surface area contributed by atoms with Crippen molar-refractivity contribution in [1.29, 1.82) is 0 Å². The van der Waals surface area contributed by atoms with Crippen LogP contribution in [0.5, 0.6) is 0 Å². The van der Waals surface area contributed by atoms with E-state index in [1.807, 2.05) is 35.0 Å². The molecule has 2 aliphatic heterocycles. The average Bonchev–Trinajstić information content (AvgIpc) is 2.69. The molecule has 1 fully saturated rings. The molecule has 2 aromatic heterocycles. The molecule has 0 saturated carbocycles. The summed E-state index contributed by atoms with van der Waals surface area (Å²) in [6.07, 6.45) is 3.01. The summed E-state index contributed by atoms with van der Waals surface area (Å²) in [5.74, 6) is 1.04. The van der Waals surface area contributed by atoms with E-state index in [1.165, 1.54) is 12.1 Å². The lowest BCUT2D eigenvalue weighted by atomic mass is 9.84. The first kappa shape index (κ1) is 18.3. The largest absolute Gasteiger partial charge is 0.383 e. The molecule has 0 amide bonds. The Bertz CT molecular complexity index is 821. The van der Waals surface area contributed by atoms with E-state index in [9.17, 15) is 4.79 Å². The van der Waals surface area contributed by atoms with Gasteiger partial charge in [0.05, 0.1) is 12.3 Å². The van der Waals surface area contributed by atoms with Gasteiger partial charge in [-0.1, -0.05) is 12.1 Å². The van der Waals surface area contributed by atoms with Gasteiger partial charge in [-0.3, -0.25) is 14.7 Å². The zero-order valence-electron chi connectivity index (χ0n) is 15.9. The SMILES string of the molecule is COCCN(Cc1ccccn1)Cc1ccc2n(c1=O)C[C@@H]1CNC[C@H]2C1. The zero-order valence-corrected chi connectivity index (χ0v) is 15.9. The van der Waals surface area contributed by atoms with Crippen LogP contribution in [-0.2, 0) is 24.4 Å². The molecule has 4 rings (SSSR count). The monoisotopic (exact) mass is 368 g/mol. The summed E-state index contributed by atoms with van der Waals surface area (Å²) in [5.41, 5.74) is 3.24. The third-order valence-electron chi connectivity index (χ3n) is 5.70. The second-order valence-corrected chi connectivity index (χ2v) is 7.68. The molecule has 0 radical (unpaired) electrons. The Morgan fingerprint density at radius 2 is 2.19 bits per heavy atom. The molecular formula is C21H28N4O2. The van der Waals surface area contributed by atoms with Crippen molar-refractivity contribution in [3.05, 3.63) is 63.8 Å². The van der Waals surface area contributed by atoms with Gasteiger partial charge in [0.1, 0.15) is 0 Å². The van der Waals surface area contributed by atoms with Crippen LogP contribution in [0.1, 0.15) is 29.3 Å². The number of hydrogen-bond acceptors (Lipinski definition) is 5. The van der Waals surface area contributed by atoms with Crippen LogP contribution in [-0.4, -0.2) is 47.8 Å². The number of rotatable bonds is 7. The summed E-state index contributed by atoms with van der Waals surface area (Å²) in [7, 11) is 1.71. The van der Waals surface area contributed by atoms with Gasteiger partial charge in [0, 0.05) is 63.2 Å². The van der Waals surface area contributed by atoms with Crippen LogP contribution in [0.4, 0.5) is 0 Å². The summed E-state index contributed by atoms with van der Waals surface area (Å²) in [4.78, 5) is 19.8. The van der Waals surface area contributed by atoms with Gasteiger partial charge < -0.3 is 14.6 Å². The van der Waals surface area contributed by atoms with Gasteiger partial charge >= 0.3 is 0 Å². The third kappa shape index (κ3) is 4.13. The van der Waals surface area contributed by atoms with Crippen molar-refractivity contribution in [3.8, 4) is 0 Å². The molecule has 2 aromatic rings. The van der Waals surface area contributed by atoms with Crippen LogP contribution in [0.3, 0.4) is 0 Å². The molecule has 2 aliphatic rings. The summed E-state index contributed by atoms with van der Waals surface area (Å²) in [6, 6.07) is 10.1. The van der Waals surface area contributed by atoms with E-state index in [0.29, 0.717) is 31.5 Å². The highest BCUT2D eigenvalue weighted by Gasteiger charge is 2.31. The summed E-state index contributed by atoms with van der Waals surface area (Å²) in [6.45, 7) is 5.57. The lowest BCUT2D eigenvalue weighted by Crippen LogP contribution is -2.45. The molecule has 6 heteroatoms. The number of piperidine rings is 1. The second-order valence-electron chi connectivity index (χ2n) is 7.68. The standard InChI is InChI=1S/C21H28N4O2/c1-27-9-8-24(15-19-4-2-3-7-23-19)14-17-5-6-20-18-10-16(11-22-12-18)13-25(20)21(17)26/h2-7,16,18,22H,8-15H2,1H3/t16-,18+/m0/s1. The van der Waals surface area contributed by atoms with Gasteiger partial charge in [0.25, 0.3) is 5.56 Å². The van der Waals surface area contributed by atoms with Gasteiger partial charge in [-0.25, -0.2) is 0 Å². The average molecular weight is 368 g/mol. The zero-order chi connectivity index (χ0) is 18.6. The molecule has 0 aromatic carbocycles. The number of nitrogens with one attached hydrogen (secondary N) is 1. The van der Waals surface area contributed by atoms with Crippen LogP contribution in [0, 0.1) is 5.92 Å². The van der Waals surface area contributed by atoms with Crippen molar-refractivity contribution >= 4 is 0 Å². The van der Waals surface area contributed by atoms with E-state index in [2.05, 4.69) is 21.3 Å². The molecule has 144 valence electrons. The fourth-order valence-electron chi connectivity index (χ4n) is 4.35. The van der Waals surface area contributed by atoms with Crippen molar-refractivity contribution < 1.29 is 4.74 Å². The Hall–Kier alpha value is -2.02. The Kier molecular flexibility index (Phi) is 5.66. The van der Waals surface area contributed by atoms with Gasteiger partial charge in [-0.2, -0.15) is 0 Å². The molecule has 0 spiro atoms. The number of nitrogens with zero attached hydrogens (tertiary/aromatic N) is 3. The van der Waals surface area contributed by atoms with Gasteiger partial charge in [-0.15, -0.1) is 0 Å². The molecular weight excluding hydrogens is 340 g/mol. The van der Waals surface area contributed by atoms with Crippen molar-refractivity contribution in [2.24, 2.45) is 5.92 Å². The van der Waals surface area contributed by atoms with Gasteiger partial charge in [0.2, 0.25) is 0 Å². The Balaban J connectivity index is 1.56. The topological polar surface area (TPSA) is 59.4 Å². The smallest absolute Gasteiger partial charge is 0.255 e. The molecule has 27 heavy (non-hydrogen) atoms. The lowest BCUT2D eigenvalue weighted by molar-refractivity contribution is 0.138. The van der Waals surface area contributed by atoms with Crippen molar-refractivity contribution in [2.75, 3.05) is 33.4 Å². The summed E-state index contributed by atoms with van der Waals surface area (Å²) in [5, 5.41) is 3.50. The number of methoxy groups -OCH3 is 1. The van der Waals surface area contributed by atoms with Crippen LogP contribution in [0.2, 0.25) is 0 Å². The van der Waals surface area contributed by atoms with Crippen molar-refractivity contribution in [2.45, 2.75) is 32.0 Å². The summed E-state index contributed by atoms with van der Waals surface area (Å²) >= 11 is 0. The fraction of sp³-hybridized carbons (Fsp3) is 0.524. The minimum Gasteiger partial charge on any atom is -0.383 e. The number of pyridine rings is 2. The quantitative estimate of drug-likeness (QED) is 0.804. The predicted molar refractivity (Wildman–Crippen MR) is 105 cm³/mol. The first-order valence-electron chi connectivity index (χ1n) is 9.79. The van der Waals surface area contributed by atoms with Crippen molar-refractivity contribution in [3.63, 3.8) is 0 Å². The molecule has 0 unspecified atom stereocenters. The Morgan fingerprint density at radius 1 is 1.26 bits per heavy atom. The maximum absolute atomic E-state index is 13.2. The Morgan fingerprint density at radius 3 is 3.00 bits per heavy atom. The van der Waals surface area contributed by atoms with Crippen LogP contribution < -0.4 is 10.9 Å². The van der Waals surface area contributed by atoms with Crippen LogP contribution in [0.25, 0.3) is 0 Å².